The molecule has 19 heavy (non-hydrogen) atoms. The third kappa shape index (κ3) is 2.03. The molecule has 0 amide bonds. The van der Waals surface area contributed by atoms with Gasteiger partial charge in [0.25, 0.3) is 10.0 Å². The van der Waals surface area contributed by atoms with Crippen molar-refractivity contribution < 1.29 is 8.42 Å². The summed E-state index contributed by atoms with van der Waals surface area (Å²) >= 11 is 1.01. The Morgan fingerprint density at radius 3 is 2.89 bits per heavy atom. The van der Waals surface area contributed by atoms with E-state index >= 15 is 0 Å². The van der Waals surface area contributed by atoms with Crippen molar-refractivity contribution in [2.75, 3.05) is 12.3 Å². The molecule has 0 unspecified atom stereocenters. The molecule has 0 spiro atoms. The number of sulfonamides is 1. The van der Waals surface area contributed by atoms with Crippen molar-refractivity contribution >= 4 is 26.5 Å². The Morgan fingerprint density at radius 1 is 1.42 bits per heavy atom. The smallest absolute Gasteiger partial charge is 0.254 e. The van der Waals surface area contributed by atoms with Gasteiger partial charge >= 0.3 is 0 Å². The Bertz CT molecular complexity index is 718. The van der Waals surface area contributed by atoms with Crippen LogP contribution in [0.3, 0.4) is 0 Å². The number of nitrogens with zero attached hydrogens (tertiary/aromatic N) is 4. The first-order chi connectivity index (χ1) is 8.98. The monoisotopic (exact) mass is 299 g/mol. The van der Waals surface area contributed by atoms with Gasteiger partial charge in [-0.15, -0.1) is 0 Å². The molecule has 3 heterocycles. The van der Waals surface area contributed by atoms with Gasteiger partial charge in [0, 0.05) is 25.5 Å². The molecule has 1 aliphatic heterocycles. The first kappa shape index (κ1) is 12.6. The van der Waals surface area contributed by atoms with Crippen LogP contribution in [0.5, 0.6) is 0 Å². The molecule has 3 rings (SSSR count). The lowest BCUT2D eigenvalue weighted by atomic mass is 10.4. The summed E-state index contributed by atoms with van der Waals surface area (Å²) in [7, 11) is -3.54. The maximum absolute atomic E-state index is 12.6. The summed E-state index contributed by atoms with van der Waals surface area (Å²) in [5.74, 6) is 0.755. The highest BCUT2D eigenvalue weighted by molar-refractivity contribution is 7.91. The quantitative estimate of drug-likeness (QED) is 0.868. The molecule has 0 aliphatic carbocycles. The molecule has 0 saturated heterocycles. The standard InChI is InChI=1S/C10H13N5O2S2/c1-7-9(18-10(11)13-7)19(16,17)15-5-4-14-3-2-12-8(14)6-15/h2-3H,4-6H2,1H3,(H2,11,13). The van der Waals surface area contributed by atoms with E-state index in [0.717, 1.165) is 17.2 Å². The van der Waals surface area contributed by atoms with Crippen LogP contribution in [0.15, 0.2) is 16.6 Å². The van der Waals surface area contributed by atoms with Crippen LogP contribution in [-0.4, -0.2) is 33.8 Å². The highest BCUT2D eigenvalue weighted by Crippen LogP contribution is 2.29. The van der Waals surface area contributed by atoms with Crippen molar-refractivity contribution in [3.8, 4) is 0 Å². The van der Waals surface area contributed by atoms with Crippen LogP contribution >= 0.6 is 11.3 Å². The fourth-order valence-electron chi connectivity index (χ4n) is 2.12. The van der Waals surface area contributed by atoms with Crippen LogP contribution in [0, 0.1) is 6.92 Å². The Kier molecular flexibility index (Phi) is 2.84. The van der Waals surface area contributed by atoms with E-state index in [4.69, 9.17) is 5.73 Å². The van der Waals surface area contributed by atoms with E-state index in [1.165, 1.54) is 4.31 Å². The molecule has 2 aromatic rings. The van der Waals surface area contributed by atoms with E-state index in [-0.39, 0.29) is 15.9 Å². The zero-order valence-electron chi connectivity index (χ0n) is 10.3. The summed E-state index contributed by atoms with van der Waals surface area (Å²) < 4.78 is 28.7. The molecule has 9 heteroatoms. The number of anilines is 1. The Balaban J connectivity index is 1.96. The minimum Gasteiger partial charge on any atom is -0.375 e. The number of nitrogens with two attached hydrogens (primary N) is 1. The summed E-state index contributed by atoms with van der Waals surface area (Å²) in [5.41, 5.74) is 6.03. The van der Waals surface area contributed by atoms with Crippen molar-refractivity contribution in [2.24, 2.45) is 0 Å². The molecule has 1 aliphatic rings. The second kappa shape index (κ2) is 4.29. The lowest BCUT2D eigenvalue weighted by molar-refractivity contribution is 0.336. The molecule has 0 radical (unpaired) electrons. The van der Waals surface area contributed by atoms with E-state index in [1.807, 2.05) is 10.8 Å². The number of nitrogen functional groups attached to an aromatic ring is 1. The van der Waals surface area contributed by atoms with E-state index in [0.29, 0.717) is 18.8 Å². The van der Waals surface area contributed by atoms with Crippen LogP contribution in [-0.2, 0) is 23.1 Å². The lowest BCUT2D eigenvalue weighted by Gasteiger charge is -2.26. The number of aryl methyl sites for hydroxylation is 1. The van der Waals surface area contributed by atoms with Gasteiger partial charge in [0.05, 0.1) is 12.2 Å². The predicted molar refractivity (Wildman–Crippen MR) is 71.1 cm³/mol. The van der Waals surface area contributed by atoms with Gasteiger partial charge in [-0.05, 0) is 6.92 Å². The minimum atomic E-state index is -3.54. The topological polar surface area (TPSA) is 94.1 Å². The number of aromatic nitrogens is 3. The van der Waals surface area contributed by atoms with Crippen LogP contribution in [0.25, 0.3) is 0 Å². The van der Waals surface area contributed by atoms with E-state index < -0.39 is 10.0 Å². The number of hydrogen-bond donors (Lipinski definition) is 1. The minimum absolute atomic E-state index is 0.227. The van der Waals surface area contributed by atoms with Crippen molar-refractivity contribution in [3.63, 3.8) is 0 Å². The zero-order valence-corrected chi connectivity index (χ0v) is 11.9. The largest absolute Gasteiger partial charge is 0.375 e. The Hall–Kier alpha value is -1.45. The number of thiazole rings is 1. The molecule has 0 bridgehead atoms. The maximum Gasteiger partial charge on any atom is 0.254 e. The van der Waals surface area contributed by atoms with Crippen LogP contribution < -0.4 is 5.73 Å². The summed E-state index contributed by atoms with van der Waals surface area (Å²) in [6.45, 7) is 2.99. The SMILES string of the molecule is Cc1nc(N)sc1S(=O)(=O)N1CCn2ccnc2C1. The van der Waals surface area contributed by atoms with E-state index in [9.17, 15) is 8.42 Å². The Morgan fingerprint density at radius 2 is 2.21 bits per heavy atom. The molecular formula is C10H13N5O2S2. The molecule has 0 atom stereocenters. The summed E-state index contributed by atoms with van der Waals surface area (Å²) in [4.78, 5) is 8.14. The van der Waals surface area contributed by atoms with Crippen molar-refractivity contribution in [1.82, 2.24) is 18.8 Å². The van der Waals surface area contributed by atoms with Crippen LogP contribution in [0.4, 0.5) is 5.13 Å². The average Bonchev–Trinajstić information content (AvgIpc) is 2.94. The number of rotatable bonds is 2. The lowest BCUT2D eigenvalue weighted by Crippen LogP contribution is -2.38. The van der Waals surface area contributed by atoms with Gasteiger partial charge < -0.3 is 10.3 Å². The van der Waals surface area contributed by atoms with Crippen molar-refractivity contribution in [2.45, 2.75) is 24.2 Å². The number of hydrogen-bond acceptors (Lipinski definition) is 6. The van der Waals surface area contributed by atoms with Gasteiger partial charge in [-0.25, -0.2) is 18.4 Å². The van der Waals surface area contributed by atoms with E-state index in [1.54, 1.807) is 13.1 Å². The molecule has 2 N–H and O–H groups in total. The second-order valence-electron chi connectivity index (χ2n) is 4.30. The first-order valence-corrected chi connectivity index (χ1v) is 7.97. The van der Waals surface area contributed by atoms with Gasteiger partial charge in [-0.1, -0.05) is 11.3 Å². The van der Waals surface area contributed by atoms with Gasteiger partial charge in [-0.2, -0.15) is 4.31 Å². The number of imidazole rings is 1. The third-order valence-electron chi connectivity index (χ3n) is 3.05. The zero-order chi connectivity index (χ0) is 13.6. The molecule has 2 aromatic heterocycles. The van der Waals surface area contributed by atoms with Gasteiger partial charge in [0.15, 0.2) is 9.34 Å². The molecule has 7 nitrogen and oxygen atoms in total. The van der Waals surface area contributed by atoms with Crippen LogP contribution in [0.1, 0.15) is 11.5 Å². The van der Waals surface area contributed by atoms with Gasteiger partial charge in [0.2, 0.25) is 0 Å². The predicted octanol–water partition coefficient (Wildman–Crippen LogP) is 0.435. The summed E-state index contributed by atoms with van der Waals surface area (Å²) in [5, 5.41) is 0.273. The van der Waals surface area contributed by atoms with Gasteiger partial charge in [-0.3, -0.25) is 0 Å². The summed E-state index contributed by atoms with van der Waals surface area (Å²) in [6.07, 6.45) is 3.54. The third-order valence-corrected chi connectivity index (χ3v) is 6.47. The fraction of sp³-hybridized carbons (Fsp3) is 0.400. The van der Waals surface area contributed by atoms with Crippen LogP contribution in [0.2, 0.25) is 0 Å². The Labute approximate surface area is 114 Å². The normalized spacial score (nSPS) is 16.5. The average molecular weight is 299 g/mol. The van der Waals surface area contributed by atoms with Gasteiger partial charge in [0.1, 0.15) is 5.82 Å². The fourth-order valence-corrected chi connectivity index (χ4v) is 4.94. The number of fused-ring (bicyclic) bond motifs is 1. The second-order valence-corrected chi connectivity index (χ2v) is 7.46. The summed E-state index contributed by atoms with van der Waals surface area (Å²) in [6, 6.07) is 0. The highest BCUT2D eigenvalue weighted by atomic mass is 32.2. The van der Waals surface area contributed by atoms with E-state index in [2.05, 4.69) is 9.97 Å². The maximum atomic E-state index is 12.6. The molecule has 0 saturated carbocycles. The molecule has 102 valence electrons. The molecule has 0 fully saturated rings. The first-order valence-electron chi connectivity index (χ1n) is 5.71. The van der Waals surface area contributed by atoms with Crippen molar-refractivity contribution in [1.29, 1.82) is 0 Å². The highest BCUT2D eigenvalue weighted by Gasteiger charge is 2.32. The molecular weight excluding hydrogens is 286 g/mol. The van der Waals surface area contributed by atoms with Crippen molar-refractivity contribution in [3.05, 3.63) is 23.9 Å². The molecule has 0 aromatic carbocycles.